The Labute approximate surface area is 124 Å². The molecule has 0 aliphatic carbocycles. The quantitative estimate of drug-likeness (QED) is 0.772. The standard InChI is InChI=1S/C15H21N3O3/c16-6-3-7-17(12-14-4-2-9-21-14)10-13(19)11-18-8-1-5-15(18)20/h2,4,9,13,19H,1,3,5,7-8,10-12H2. The number of β-amino-alcohol motifs (C(OH)–C–C–N with tert-alkyl or cyclic N) is 1. The van der Waals surface area contributed by atoms with E-state index in [0.29, 0.717) is 39.0 Å². The maximum atomic E-state index is 11.6. The van der Waals surface area contributed by atoms with E-state index in [1.54, 1.807) is 11.2 Å². The number of carbonyl (C=O) groups is 1. The number of rotatable bonds is 8. The first kappa shape index (κ1) is 15.5. The minimum absolute atomic E-state index is 0.114. The van der Waals surface area contributed by atoms with Gasteiger partial charge in [-0.3, -0.25) is 9.69 Å². The van der Waals surface area contributed by atoms with E-state index in [4.69, 9.17) is 9.68 Å². The van der Waals surface area contributed by atoms with Crippen LogP contribution >= 0.6 is 0 Å². The van der Waals surface area contributed by atoms with Gasteiger partial charge in [0.15, 0.2) is 0 Å². The van der Waals surface area contributed by atoms with Crippen molar-refractivity contribution in [3.05, 3.63) is 24.2 Å². The summed E-state index contributed by atoms with van der Waals surface area (Å²) in [6.07, 6.45) is 2.85. The fraction of sp³-hybridized carbons (Fsp3) is 0.600. The van der Waals surface area contributed by atoms with Crippen LogP contribution in [0.2, 0.25) is 0 Å². The van der Waals surface area contributed by atoms with Gasteiger partial charge in [-0.1, -0.05) is 0 Å². The van der Waals surface area contributed by atoms with Gasteiger partial charge in [0.1, 0.15) is 5.76 Å². The summed E-state index contributed by atoms with van der Waals surface area (Å²) in [6, 6.07) is 5.80. The van der Waals surface area contributed by atoms with Gasteiger partial charge < -0.3 is 14.4 Å². The normalized spacial score (nSPS) is 16.4. The second kappa shape index (κ2) is 7.81. The van der Waals surface area contributed by atoms with Crippen molar-refractivity contribution in [3.63, 3.8) is 0 Å². The van der Waals surface area contributed by atoms with Crippen molar-refractivity contribution in [3.8, 4) is 6.07 Å². The predicted octanol–water partition coefficient (Wildman–Crippen LogP) is 0.979. The maximum absolute atomic E-state index is 11.6. The zero-order chi connectivity index (χ0) is 15.1. The van der Waals surface area contributed by atoms with E-state index in [0.717, 1.165) is 18.7 Å². The first-order chi connectivity index (χ1) is 10.2. The Kier molecular flexibility index (Phi) is 5.78. The molecule has 6 nitrogen and oxygen atoms in total. The summed E-state index contributed by atoms with van der Waals surface area (Å²) in [5.74, 6) is 0.918. The number of furan rings is 1. The Morgan fingerprint density at radius 3 is 3.05 bits per heavy atom. The first-order valence-electron chi connectivity index (χ1n) is 7.26. The average Bonchev–Trinajstić information content (AvgIpc) is 3.09. The third kappa shape index (κ3) is 4.88. The molecule has 1 saturated heterocycles. The Balaban J connectivity index is 1.84. The first-order valence-corrected chi connectivity index (χ1v) is 7.26. The molecule has 1 aliphatic heterocycles. The van der Waals surface area contributed by atoms with Crippen molar-refractivity contribution in [2.75, 3.05) is 26.2 Å². The largest absolute Gasteiger partial charge is 0.468 e. The average molecular weight is 291 g/mol. The van der Waals surface area contributed by atoms with E-state index in [9.17, 15) is 9.90 Å². The van der Waals surface area contributed by atoms with Crippen LogP contribution in [0.15, 0.2) is 22.8 Å². The molecule has 1 aromatic rings. The van der Waals surface area contributed by atoms with Crippen molar-refractivity contribution < 1.29 is 14.3 Å². The number of nitriles is 1. The molecule has 1 aliphatic rings. The van der Waals surface area contributed by atoms with Gasteiger partial charge in [-0.25, -0.2) is 0 Å². The van der Waals surface area contributed by atoms with Crippen molar-refractivity contribution >= 4 is 5.91 Å². The Bertz CT molecular complexity index is 481. The van der Waals surface area contributed by atoms with E-state index in [2.05, 4.69) is 6.07 Å². The molecule has 1 atom stereocenters. The van der Waals surface area contributed by atoms with Crippen LogP contribution in [0, 0.1) is 11.3 Å². The molecule has 21 heavy (non-hydrogen) atoms. The highest BCUT2D eigenvalue weighted by Gasteiger charge is 2.23. The summed E-state index contributed by atoms with van der Waals surface area (Å²) >= 11 is 0. The minimum atomic E-state index is -0.610. The molecule has 0 spiro atoms. The molecule has 1 unspecified atom stereocenters. The lowest BCUT2D eigenvalue weighted by molar-refractivity contribution is -0.129. The van der Waals surface area contributed by atoms with Crippen molar-refractivity contribution in [2.45, 2.75) is 31.9 Å². The van der Waals surface area contributed by atoms with Crippen LogP contribution in [0.3, 0.4) is 0 Å². The number of nitrogens with zero attached hydrogens (tertiary/aromatic N) is 3. The highest BCUT2D eigenvalue weighted by molar-refractivity contribution is 5.78. The van der Waals surface area contributed by atoms with E-state index in [-0.39, 0.29) is 5.91 Å². The number of carbonyl (C=O) groups excluding carboxylic acids is 1. The SMILES string of the molecule is N#CCCN(Cc1ccco1)CC(O)CN1CCCC1=O. The fourth-order valence-corrected chi connectivity index (χ4v) is 2.57. The maximum Gasteiger partial charge on any atom is 0.222 e. The Hall–Kier alpha value is -1.84. The van der Waals surface area contributed by atoms with Crippen LogP contribution in [0.1, 0.15) is 25.0 Å². The lowest BCUT2D eigenvalue weighted by atomic mass is 10.2. The summed E-state index contributed by atoms with van der Waals surface area (Å²) in [5.41, 5.74) is 0. The molecule has 0 radical (unpaired) electrons. The molecule has 0 saturated carbocycles. The van der Waals surface area contributed by atoms with Crippen molar-refractivity contribution in [2.24, 2.45) is 0 Å². The monoisotopic (exact) mass is 291 g/mol. The van der Waals surface area contributed by atoms with Gasteiger partial charge in [-0.15, -0.1) is 0 Å². The zero-order valence-electron chi connectivity index (χ0n) is 12.1. The molecule has 1 fully saturated rings. The molecular formula is C15H21N3O3. The van der Waals surface area contributed by atoms with Gasteiger partial charge in [0, 0.05) is 39.0 Å². The third-order valence-electron chi connectivity index (χ3n) is 3.57. The lowest BCUT2D eigenvalue weighted by Crippen LogP contribution is -2.40. The van der Waals surface area contributed by atoms with Crippen molar-refractivity contribution in [1.29, 1.82) is 5.26 Å². The number of likely N-dealkylation sites (tertiary alicyclic amines) is 1. The van der Waals surface area contributed by atoms with Crippen LogP contribution in [0.5, 0.6) is 0 Å². The molecule has 0 aromatic carbocycles. The summed E-state index contributed by atoms with van der Waals surface area (Å²) in [4.78, 5) is 15.3. The summed E-state index contributed by atoms with van der Waals surface area (Å²) in [6.45, 7) is 2.64. The topological polar surface area (TPSA) is 80.7 Å². The van der Waals surface area contributed by atoms with Gasteiger partial charge in [0.25, 0.3) is 0 Å². The molecule has 114 valence electrons. The smallest absolute Gasteiger partial charge is 0.222 e. The number of hydrogen-bond donors (Lipinski definition) is 1. The van der Waals surface area contributed by atoms with E-state index >= 15 is 0 Å². The van der Waals surface area contributed by atoms with E-state index in [1.807, 2.05) is 17.0 Å². The highest BCUT2D eigenvalue weighted by Crippen LogP contribution is 2.11. The minimum Gasteiger partial charge on any atom is -0.468 e. The second-order valence-electron chi connectivity index (χ2n) is 5.32. The van der Waals surface area contributed by atoms with Gasteiger partial charge >= 0.3 is 0 Å². The summed E-state index contributed by atoms with van der Waals surface area (Å²) in [5, 5.41) is 18.9. The van der Waals surface area contributed by atoms with Gasteiger partial charge in [-0.2, -0.15) is 5.26 Å². The molecule has 6 heteroatoms. The molecule has 0 bridgehead atoms. The van der Waals surface area contributed by atoms with Crippen LogP contribution in [0.25, 0.3) is 0 Å². The van der Waals surface area contributed by atoms with E-state index < -0.39 is 6.10 Å². The summed E-state index contributed by atoms with van der Waals surface area (Å²) < 4.78 is 5.31. The number of aliphatic hydroxyl groups is 1. The molecule has 1 aromatic heterocycles. The molecule has 2 rings (SSSR count). The molecule has 1 N–H and O–H groups in total. The van der Waals surface area contributed by atoms with Crippen LogP contribution in [-0.4, -0.2) is 53.1 Å². The second-order valence-corrected chi connectivity index (χ2v) is 5.32. The fourth-order valence-electron chi connectivity index (χ4n) is 2.57. The van der Waals surface area contributed by atoms with Crippen LogP contribution < -0.4 is 0 Å². The van der Waals surface area contributed by atoms with E-state index in [1.165, 1.54) is 0 Å². The molecule has 1 amide bonds. The van der Waals surface area contributed by atoms with Gasteiger partial charge in [-0.05, 0) is 18.6 Å². The van der Waals surface area contributed by atoms with Crippen LogP contribution in [0.4, 0.5) is 0 Å². The van der Waals surface area contributed by atoms with Crippen molar-refractivity contribution in [1.82, 2.24) is 9.80 Å². The van der Waals surface area contributed by atoms with Gasteiger partial charge in [0.2, 0.25) is 5.91 Å². The molecular weight excluding hydrogens is 270 g/mol. The predicted molar refractivity (Wildman–Crippen MR) is 76.0 cm³/mol. The zero-order valence-corrected chi connectivity index (χ0v) is 12.1. The lowest BCUT2D eigenvalue weighted by Gasteiger charge is -2.26. The molecule has 2 heterocycles. The third-order valence-corrected chi connectivity index (χ3v) is 3.57. The highest BCUT2D eigenvalue weighted by atomic mass is 16.3. The number of aliphatic hydroxyl groups excluding tert-OH is 1. The summed E-state index contributed by atoms with van der Waals surface area (Å²) in [7, 11) is 0. The number of amides is 1. The Morgan fingerprint density at radius 1 is 1.57 bits per heavy atom. The number of hydrogen-bond acceptors (Lipinski definition) is 5. The Morgan fingerprint density at radius 2 is 2.43 bits per heavy atom. The van der Waals surface area contributed by atoms with Gasteiger partial charge in [0.05, 0.1) is 25.0 Å². The van der Waals surface area contributed by atoms with Crippen LogP contribution in [-0.2, 0) is 11.3 Å².